The molecule has 25 heavy (non-hydrogen) atoms. The van der Waals surface area contributed by atoms with Crippen molar-refractivity contribution in [2.45, 2.75) is 26.3 Å². The van der Waals surface area contributed by atoms with Crippen LogP contribution in [0.4, 0.5) is 4.39 Å². The summed E-state index contributed by atoms with van der Waals surface area (Å²) in [4.78, 5) is 27.7. The average molecular weight is 360 g/mol. The predicted molar refractivity (Wildman–Crippen MR) is 95.8 cm³/mol. The smallest absolute Gasteiger partial charge is 0.263 e. The highest BCUT2D eigenvalue weighted by Gasteiger charge is 2.39. The molecule has 0 spiro atoms. The summed E-state index contributed by atoms with van der Waals surface area (Å²) in [6, 6.07) is 9.75. The molecule has 0 radical (unpaired) electrons. The molecule has 1 aliphatic heterocycles. The maximum absolute atomic E-state index is 12.9. The topological polar surface area (TPSA) is 49.4 Å². The van der Waals surface area contributed by atoms with Crippen LogP contribution in [0.15, 0.2) is 41.8 Å². The number of nitrogens with zero attached hydrogens (tertiary/aromatic N) is 1. The molecular weight excluding hydrogens is 339 g/mol. The van der Waals surface area contributed by atoms with Gasteiger partial charge in [-0.15, -0.1) is 11.3 Å². The molecule has 132 valence electrons. The van der Waals surface area contributed by atoms with Gasteiger partial charge in [-0.3, -0.25) is 9.59 Å². The van der Waals surface area contributed by atoms with Gasteiger partial charge in [-0.25, -0.2) is 4.39 Å². The lowest BCUT2D eigenvalue weighted by Crippen LogP contribution is -2.51. The molecule has 6 heteroatoms. The Morgan fingerprint density at radius 3 is 2.72 bits per heavy atom. The average Bonchev–Trinajstić information content (AvgIpc) is 3.15. The van der Waals surface area contributed by atoms with Crippen LogP contribution < -0.4 is 5.32 Å². The zero-order valence-electron chi connectivity index (χ0n) is 14.1. The number of hydrogen-bond acceptors (Lipinski definition) is 3. The number of rotatable bonds is 4. The number of halogens is 1. The fourth-order valence-corrected chi connectivity index (χ4v) is 3.84. The Morgan fingerprint density at radius 2 is 2.04 bits per heavy atom. The fraction of sp³-hybridized carbons (Fsp3) is 0.368. The van der Waals surface area contributed by atoms with Crippen molar-refractivity contribution in [2.24, 2.45) is 5.41 Å². The van der Waals surface area contributed by atoms with Gasteiger partial charge < -0.3 is 10.2 Å². The van der Waals surface area contributed by atoms with E-state index in [1.807, 2.05) is 24.4 Å². The third kappa shape index (κ3) is 4.07. The summed E-state index contributed by atoms with van der Waals surface area (Å²) in [5.41, 5.74) is 0.242. The Balaban J connectivity index is 1.62. The van der Waals surface area contributed by atoms with Crippen molar-refractivity contribution in [3.8, 4) is 0 Å². The van der Waals surface area contributed by atoms with Gasteiger partial charge in [-0.05, 0) is 48.9 Å². The van der Waals surface area contributed by atoms with Crippen molar-refractivity contribution in [3.05, 3.63) is 58.0 Å². The van der Waals surface area contributed by atoms with E-state index in [-0.39, 0.29) is 17.6 Å². The van der Waals surface area contributed by atoms with Crippen molar-refractivity contribution < 1.29 is 14.0 Å². The van der Waals surface area contributed by atoms with E-state index in [0.29, 0.717) is 24.5 Å². The number of carbonyl (C=O) groups is 2. The van der Waals surface area contributed by atoms with Gasteiger partial charge in [0, 0.05) is 19.6 Å². The Bertz CT molecular complexity index is 745. The SMILES string of the molecule is C[C@@]1(C(=O)NCc2ccc(F)cc2)CCCN(C(=O)c2cccs2)C1. The zero-order chi connectivity index (χ0) is 17.9. The third-order valence-electron chi connectivity index (χ3n) is 4.63. The summed E-state index contributed by atoms with van der Waals surface area (Å²) >= 11 is 1.42. The highest BCUT2D eigenvalue weighted by molar-refractivity contribution is 7.12. The molecule has 1 aliphatic rings. The summed E-state index contributed by atoms with van der Waals surface area (Å²) in [7, 11) is 0. The molecule has 0 saturated carbocycles. The van der Waals surface area contributed by atoms with Crippen LogP contribution in [0.3, 0.4) is 0 Å². The van der Waals surface area contributed by atoms with Crippen LogP contribution in [0.2, 0.25) is 0 Å². The number of amides is 2. The summed E-state index contributed by atoms with van der Waals surface area (Å²) < 4.78 is 12.9. The van der Waals surface area contributed by atoms with E-state index in [2.05, 4.69) is 5.32 Å². The molecule has 1 saturated heterocycles. The quantitative estimate of drug-likeness (QED) is 0.908. The van der Waals surface area contributed by atoms with Crippen LogP contribution in [0.1, 0.15) is 35.0 Å². The standard InChI is InChI=1S/C19H21FN2O2S/c1-19(18(24)21-12-14-5-7-15(20)8-6-14)9-3-10-22(13-19)17(23)16-4-2-11-25-16/h2,4-8,11H,3,9-10,12-13H2,1H3,(H,21,24)/t19-/m1/s1. The maximum Gasteiger partial charge on any atom is 0.263 e. The highest BCUT2D eigenvalue weighted by atomic mass is 32.1. The summed E-state index contributed by atoms with van der Waals surface area (Å²) in [6.45, 7) is 3.35. The molecule has 0 unspecified atom stereocenters. The number of likely N-dealkylation sites (tertiary alicyclic amines) is 1. The Kier molecular flexibility index (Phi) is 5.18. The van der Waals surface area contributed by atoms with E-state index in [1.165, 1.54) is 23.5 Å². The fourth-order valence-electron chi connectivity index (χ4n) is 3.15. The predicted octanol–water partition coefficient (Wildman–Crippen LogP) is 3.45. The Labute approximate surface area is 150 Å². The van der Waals surface area contributed by atoms with E-state index in [9.17, 15) is 14.0 Å². The van der Waals surface area contributed by atoms with Gasteiger partial charge in [0.05, 0.1) is 10.3 Å². The van der Waals surface area contributed by atoms with Crippen LogP contribution >= 0.6 is 11.3 Å². The van der Waals surface area contributed by atoms with Crippen LogP contribution in [0.5, 0.6) is 0 Å². The third-order valence-corrected chi connectivity index (χ3v) is 5.49. The molecule has 2 aromatic rings. The molecule has 1 aromatic heterocycles. The van der Waals surface area contributed by atoms with Gasteiger partial charge in [-0.1, -0.05) is 18.2 Å². The van der Waals surface area contributed by atoms with E-state index in [0.717, 1.165) is 18.4 Å². The van der Waals surface area contributed by atoms with Gasteiger partial charge >= 0.3 is 0 Å². The number of nitrogens with one attached hydrogen (secondary N) is 1. The van der Waals surface area contributed by atoms with Crippen LogP contribution in [0.25, 0.3) is 0 Å². The van der Waals surface area contributed by atoms with Crippen LogP contribution in [-0.4, -0.2) is 29.8 Å². The van der Waals surface area contributed by atoms with Crippen molar-refractivity contribution in [3.63, 3.8) is 0 Å². The number of thiophene rings is 1. The second-order valence-electron chi connectivity index (χ2n) is 6.68. The van der Waals surface area contributed by atoms with Crippen LogP contribution in [0, 0.1) is 11.2 Å². The van der Waals surface area contributed by atoms with Gasteiger partial charge in [0.2, 0.25) is 5.91 Å². The largest absolute Gasteiger partial charge is 0.351 e. The van der Waals surface area contributed by atoms with Crippen molar-refractivity contribution in [1.82, 2.24) is 10.2 Å². The molecule has 1 fully saturated rings. The van der Waals surface area contributed by atoms with Gasteiger partial charge in [0.15, 0.2) is 0 Å². The lowest BCUT2D eigenvalue weighted by molar-refractivity contribution is -0.132. The summed E-state index contributed by atoms with van der Waals surface area (Å²) in [5, 5.41) is 4.81. The lowest BCUT2D eigenvalue weighted by atomic mass is 9.80. The first-order valence-electron chi connectivity index (χ1n) is 8.33. The van der Waals surface area contributed by atoms with Gasteiger partial charge in [-0.2, -0.15) is 0 Å². The molecule has 4 nitrogen and oxygen atoms in total. The lowest BCUT2D eigenvalue weighted by Gasteiger charge is -2.39. The minimum Gasteiger partial charge on any atom is -0.351 e. The molecular formula is C19H21FN2O2S. The molecule has 1 aromatic carbocycles. The van der Waals surface area contributed by atoms with Crippen molar-refractivity contribution >= 4 is 23.2 Å². The molecule has 1 N–H and O–H groups in total. The molecule has 0 aliphatic carbocycles. The number of hydrogen-bond donors (Lipinski definition) is 1. The molecule has 2 amide bonds. The maximum atomic E-state index is 12.9. The molecule has 2 heterocycles. The van der Waals surface area contributed by atoms with E-state index in [4.69, 9.17) is 0 Å². The number of benzene rings is 1. The monoisotopic (exact) mass is 360 g/mol. The minimum atomic E-state index is -0.606. The summed E-state index contributed by atoms with van der Waals surface area (Å²) in [6.07, 6.45) is 1.55. The Morgan fingerprint density at radius 1 is 1.28 bits per heavy atom. The number of piperidine rings is 1. The van der Waals surface area contributed by atoms with Gasteiger partial charge in [0.25, 0.3) is 5.91 Å². The highest BCUT2D eigenvalue weighted by Crippen LogP contribution is 2.31. The molecule has 0 bridgehead atoms. The van der Waals surface area contributed by atoms with Crippen LogP contribution in [-0.2, 0) is 11.3 Å². The Hall–Kier alpha value is -2.21. The van der Waals surface area contributed by atoms with E-state index in [1.54, 1.807) is 17.0 Å². The minimum absolute atomic E-state index is 0.00717. The first-order chi connectivity index (χ1) is 12.0. The van der Waals surface area contributed by atoms with E-state index < -0.39 is 5.41 Å². The summed E-state index contributed by atoms with van der Waals surface area (Å²) in [5.74, 6) is -0.371. The first kappa shape index (κ1) is 17.6. The van der Waals surface area contributed by atoms with Gasteiger partial charge in [0.1, 0.15) is 5.82 Å². The normalized spacial score (nSPS) is 20.3. The van der Waals surface area contributed by atoms with Crippen molar-refractivity contribution in [1.29, 1.82) is 0 Å². The second-order valence-corrected chi connectivity index (χ2v) is 7.63. The first-order valence-corrected chi connectivity index (χ1v) is 9.21. The molecule has 1 atom stereocenters. The van der Waals surface area contributed by atoms with Crippen molar-refractivity contribution in [2.75, 3.05) is 13.1 Å². The molecule has 3 rings (SSSR count). The van der Waals surface area contributed by atoms with E-state index >= 15 is 0 Å². The second kappa shape index (κ2) is 7.35. The zero-order valence-corrected chi connectivity index (χ0v) is 14.9. The number of carbonyl (C=O) groups excluding carboxylic acids is 2.